The van der Waals surface area contributed by atoms with Crippen LogP contribution >= 0.6 is 0 Å². The van der Waals surface area contributed by atoms with Gasteiger partial charge in [0.15, 0.2) is 0 Å². The van der Waals surface area contributed by atoms with Crippen LogP contribution in [0.3, 0.4) is 0 Å². The Balaban J connectivity index is 1.67. The molecule has 0 heterocycles. The van der Waals surface area contributed by atoms with E-state index in [0.29, 0.717) is 30.1 Å². The Bertz CT molecular complexity index is 713. The van der Waals surface area contributed by atoms with Crippen LogP contribution in [-0.4, -0.2) is 22.8 Å². The molecule has 3 fully saturated rings. The molecule has 3 heteroatoms. The van der Waals surface area contributed by atoms with Gasteiger partial charge in [0.05, 0.1) is 0 Å². The van der Waals surface area contributed by atoms with Gasteiger partial charge >= 0.3 is 5.97 Å². The fourth-order valence-corrected chi connectivity index (χ4v) is 6.92. The zero-order chi connectivity index (χ0) is 18.7. The minimum Gasteiger partial charge on any atom is -0.462 e. The first kappa shape index (κ1) is 17.9. The molecule has 1 N–H and O–H groups in total. The summed E-state index contributed by atoms with van der Waals surface area (Å²) >= 11 is 0. The van der Waals surface area contributed by atoms with Crippen LogP contribution in [0.2, 0.25) is 0 Å². The topological polar surface area (TPSA) is 46.5 Å². The molecule has 0 spiro atoms. The van der Waals surface area contributed by atoms with E-state index in [9.17, 15) is 9.90 Å². The van der Waals surface area contributed by atoms with E-state index >= 15 is 0 Å². The van der Waals surface area contributed by atoms with Crippen LogP contribution in [-0.2, 0) is 9.53 Å². The van der Waals surface area contributed by atoms with Gasteiger partial charge in [-0.2, -0.15) is 0 Å². The van der Waals surface area contributed by atoms with Crippen molar-refractivity contribution in [3.63, 3.8) is 0 Å². The number of esters is 1. The zero-order valence-electron chi connectivity index (χ0n) is 16.0. The van der Waals surface area contributed by atoms with E-state index in [1.165, 1.54) is 12.5 Å². The van der Waals surface area contributed by atoms with Crippen LogP contribution in [0.5, 0.6) is 0 Å². The molecule has 140 valence electrons. The van der Waals surface area contributed by atoms with Crippen molar-refractivity contribution in [2.24, 2.45) is 29.1 Å². The number of ether oxygens (including phenoxy) is 1. The van der Waals surface area contributed by atoms with Gasteiger partial charge in [-0.15, -0.1) is 6.42 Å². The number of terminal acetylenes is 1. The lowest BCUT2D eigenvalue weighted by atomic mass is 9.50. The summed E-state index contributed by atoms with van der Waals surface area (Å²) in [5.41, 5.74) is 1.35. The smallest absolute Gasteiger partial charge is 0.302 e. The predicted octanol–water partition coefficient (Wildman–Crippen LogP) is 4.02. The van der Waals surface area contributed by atoms with Crippen molar-refractivity contribution in [2.75, 3.05) is 0 Å². The van der Waals surface area contributed by atoms with Gasteiger partial charge in [-0.05, 0) is 56.3 Å². The van der Waals surface area contributed by atoms with Crippen LogP contribution in [0.1, 0.15) is 58.8 Å². The lowest BCUT2D eigenvalue weighted by Crippen LogP contribution is -2.53. The summed E-state index contributed by atoms with van der Waals surface area (Å²) in [5, 5.41) is 11.1. The molecule has 7 atom stereocenters. The molecular formula is C23H30O3. The molecule has 0 bridgehead atoms. The number of carbonyl (C=O) groups excluding carboxylic acids is 1. The van der Waals surface area contributed by atoms with E-state index in [2.05, 4.69) is 25.5 Å². The number of hydrogen-bond acceptors (Lipinski definition) is 3. The Kier molecular flexibility index (Phi) is 4.12. The van der Waals surface area contributed by atoms with E-state index in [4.69, 9.17) is 11.2 Å². The number of aliphatic hydroxyl groups is 1. The number of hydrogen-bond donors (Lipinski definition) is 1. The highest BCUT2D eigenvalue weighted by Crippen LogP contribution is 2.65. The molecule has 0 aromatic rings. The van der Waals surface area contributed by atoms with Crippen molar-refractivity contribution in [3.8, 4) is 12.3 Å². The van der Waals surface area contributed by atoms with Crippen molar-refractivity contribution in [1.29, 1.82) is 0 Å². The molecule has 0 aromatic heterocycles. The fourth-order valence-electron chi connectivity index (χ4n) is 6.92. The molecule has 0 saturated heterocycles. The van der Waals surface area contributed by atoms with E-state index in [-0.39, 0.29) is 17.5 Å². The van der Waals surface area contributed by atoms with Crippen molar-refractivity contribution in [2.45, 2.75) is 70.5 Å². The molecule has 0 radical (unpaired) electrons. The average Bonchev–Trinajstić information content (AvgIpc) is 2.86. The van der Waals surface area contributed by atoms with Crippen LogP contribution in [0, 0.1) is 41.4 Å². The fraction of sp³-hybridized carbons (Fsp3) is 0.696. The summed E-state index contributed by atoms with van der Waals surface area (Å²) in [4.78, 5) is 11.7. The average molecular weight is 354 g/mol. The third kappa shape index (κ3) is 2.42. The molecule has 0 aromatic carbocycles. The highest BCUT2D eigenvalue weighted by molar-refractivity contribution is 5.66. The van der Waals surface area contributed by atoms with Crippen molar-refractivity contribution in [3.05, 3.63) is 23.8 Å². The zero-order valence-corrected chi connectivity index (χ0v) is 16.0. The number of rotatable bonds is 1. The van der Waals surface area contributed by atoms with E-state index < -0.39 is 5.60 Å². The predicted molar refractivity (Wildman–Crippen MR) is 101 cm³/mol. The second-order valence-electron chi connectivity index (χ2n) is 9.23. The molecule has 1 unspecified atom stereocenters. The monoisotopic (exact) mass is 354 g/mol. The van der Waals surface area contributed by atoms with Gasteiger partial charge in [0.25, 0.3) is 0 Å². The lowest BCUT2D eigenvalue weighted by Gasteiger charge is -2.55. The largest absolute Gasteiger partial charge is 0.462 e. The Hall–Kier alpha value is -1.53. The first-order chi connectivity index (χ1) is 12.3. The third-order valence-electron chi connectivity index (χ3n) is 8.11. The van der Waals surface area contributed by atoms with Crippen molar-refractivity contribution < 1.29 is 14.6 Å². The third-order valence-corrected chi connectivity index (χ3v) is 8.11. The Morgan fingerprint density at radius 1 is 1.35 bits per heavy atom. The Labute approximate surface area is 156 Å². The van der Waals surface area contributed by atoms with Crippen LogP contribution < -0.4 is 0 Å². The van der Waals surface area contributed by atoms with Gasteiger partial charge in [0, 0.05) is 24.7 Å². The maximum absolute atomic E-state index is 11.7. The minimum atomic E-state index is -0.963. The van der Waals surface area contributed by atoms with Crippen LogP contribution in [0.15, 0.2) is 23.8 Å². The second kappa shape index (κ2) is 5.99. The van der Waals surface area contributed by atoms with Gasteiger partial charge in [-0.1, -0.05) is 36.6 Å². The molecule has 0 aliphatic heterocycles. The molecule has 4 aliphatic rings. The van der Waals surface area contributed by atoms with Gasteiger partial charge in [0.2, 0.25) is 0 Å². The molecule has 26 heavy (non-hydrogen) atoms. The van der Waals surface area contributed by atoms with E-state index in [1.807, 2.05) is 0 Å². The first-order valence-corrected chi connectivity index (χ1v) is 10.0. The summed E-state index contributed by atoms with van der Waals surface area (Å²) in [6, 6.07) is 0. The maximum Gasteiger partial charge on any atom is 0.302 e. The standard InChI is InChI=1S/C23H30O3/c1-5-23(25)11-9-19-17-7-6-16-12-14(2)13-20(26-15(3)24)21(16)18(17)8-10-22(19,23)4/h1,12,17-21,25H,2,6-11,13H2,3-4H3/t17-,18+,19+,20?,21+,22+,23+/m1/s1. The Morgan fingerprint density at radius 3 is 2.81 bits per heavy atom. The summed E-state index contributed by atoms with van der Waals surface area (Å²) in [7, 11) is 0. The van der Waals surface area contributed by atoms with Gasteiger partial charge in [-0.3, -0.25) is 4.79 Å². The molecular weight excluding hydrogens is 324 g/mol. The summed E-state index contributed by atoms with van der Waals surface area (Å²) in [6.07, 6.45) is 14.6. The van der Waals surface area contributed by atoms with Gasteiger partial charge < -0.3 is 9.84 Å². The first-order valence-electron chi connectivity index (χ1n) is 10.0. The van der Waals surface area contributed by atoms with E-state index in [0.717, 1.165) is 44.1 Å². The Morgan fingerprint density at radius 2 is 2.12 bits per heavy atom. The second-order valence-corrected chi connectivity index (χ2v) is 9.23. The normalized spacial score (nSPS) is 47.1. The van der Waals surface area contributed by atoms with Gasteiger partial charge in [-0.25, -0.2) is 0 Å². The lowest BCUT2D eigenvalue weighted by molar-refractivity contribution is -0.153. The van der Waals surface area contributed by atoms with Crippen molar-refractivity contribution >= 4 is 5.97 Å². The molecule has 4 rings (SSSR count). The van der Waals surface area contributed by atoms with Crippen LogP contribution in [0.4, 0.5) is 0 Å². The quantitative estimate of drug-likeness (QED) is 0.571. The molecule has 0 amide bonds. The summed E-state index contributed by atoms with van der Waals surface area (Å²) in [5.74, 6) is 4.39. The maximum atomic E-state index is 11.7. The molecule has 4 aliphatic carbocycles. The van der Waals surface area contributed by atoms with Crippen LogP contribution in [0.25, 0.3) is 0 Å². The molecule has 3 saturated carbocycles. The van der Waals surface area contributed by atoms with Gasteiger partial charge in [0.1, 0.15) is 11.7 Å². The number of allylic oxidation sites excluding steroid dienone is 1. The summed E-state index contributed by atoms with van der Waals surface area (Å²) in [6.45, 7) is 7.85. The van der Waals surface area contributed by atoms with E-state index in [1.54, 1.807) is 0 Å². The SMILES string of the molecule is C#C[C@]1(O)CC[C@H]2[C@@H]3CCC4=CC(=C)CC(OC(C)=O)[C@@H]4[C@H]3CC[C@@]21C. The summed E-state index contributed by atoms with van der Waals surface area (Å²) < 4.78 is 5.76. The highest BCUT2D eigenvalue weighted by Gasteiger charge is 2.62. The van der Waals surface area contributed by atoms with Crippen molar-refractivity contribution in [1.82, 2.24) is 0 Å². The number of fused-ring (bicyclic) bond motifs is 5. The highest BCUT2D eigenvalue weighted by atomic mass is 16.5. The number of carbonyl (C=O) groups is 1. The minimum absolute atomic E-state index is 0.0786. The molecule has 3 nitrogen and oxygen atoms in total.